The van der Waals surface area contributed by atoms with E-state index in [1.807, 2.05) is 12.1 Å². The molecule has 0 saturated carbocycles. The molecule has 0 bridgehead atoms. The topological polar surface area (TPSA) is 30.5 Å². The lowest BCUT2D eigenvalue weighted by molar-refractivity contribution is -0.0284. The van der Waals surface area contributed by atoms with Crippen LogP contribution in [0, 0.1) is 0 Å². The molecule has 1 aromatic carbocycles. The number of nitrogens with one attached hydrogen (secondary N) is 1. The molecule has 0 spiro atoms. The van der Waals surface area contributed by atoms with E-state index >= 15 is 0 Å². The fraction of sp³-hybridized carbons (Fsp3) is 0.647. The molecule has 0 aromatic heterocycles. The molecule has 1 heterocycles. The van der Waals surface area contributed by atoms with Crippen LogP contribution in [0.15, 0.2) is 12.1 Å². The maximum absolute atomic E-state index is 6.26. The Morgan fingerprint density at radius 2 is 2.19 bits per heavy atom. The van der Waals surface area contributed by atoms with Gasteiger partial charge in [-0.05, 0) is 49.6 Å². The van der Waals surface area contributed by atoms with Crippen molar-refractivity contribution in [1.82, 2.24) is 5.32 Å². The van der Waals surface area contributed by atoms with E-state index in [0.717, 1.165) is 43.2 Å². The zero-order valence-corrected chi connectivity index (χ0v) is 14.2. The molecule has 2 atom stereocenters. The van der Waals surface area contributed by atoms with Gasteiger partial charge in [0.2, 0.25) is 0 Å². The second kappa shape index (κ2) is 6.99. The molecule has 3 nitrogen and oxygen atoms in total. The first-order valence-electron chi connectivity index (χ1n) is 7.76. The molecule has 2 rings (SSSR count). The average molecular weight is 312 g/mol. The number of hydrogen-bond donors (Lipinski definition) is 1. The molecule has 2 unspecified atom stereocenters. The highest BCUT2D eigenvalue weighted by Crippen LogP contribution is 2.35. The number of halogens is 1. The molecule has 0 fully saturated rings. The highest BCUT2D eigenvalue weighted by molar-refractivity contribution is 6.30. The first-order valence-corrected chi connectivity index (χ1v) is 8.14. The molecular formula is C17H26ClNO2. The molecule has 4 heteroatoms. The van der Waals surface area contributed by atoms with Crippen LogP contribution in [0.25, 0.3) is 0 Å². The van der Waals surface area contributed by atoms with Gasteiger partial charge in [0.05, 0.1) is 12.2 Å². The number of ether oxygens (including phenoxy) is 2. The zero-order chi connectivity index (χ0) is 15.5. The molecule has 1 aliphatic rings. The van der Waals surface area contributed by atoms with Crippen LogP contribution in [-0.2, 0) is 17.6 Å². The number of likely N-dealkylation sites (N-methyl/N-ethyl adjacent to an activating group) is 1. The summed E-state index contributed by atoms with van der Waals surface area (Å²) in [6.45, 7) is 8.10. The first-order chi connectivity index (χ1) is 10.0. The van der Waals surface area contributed by atoms with Gasteiger partial charge in [-0.25, -0.2) is 0 Å². The summed E-state index contributed by atoms with van der Waals surface area (Å²) < 4.78 is 11.6. The summed E-state index contributed by atoms with van der Waals surface area (Å²) >= 11 is 6.26. The van der Waals surface area contributed by atoms with Crippen molar-refractivity contribution in [3.05, 3.63) is 28.3 Å². The number of fused-ring (bicyclic) bond motifs is 1. The summed E-state index contributed by atoms with van der Waals surface area (Å²) in [7, 11) is 1.78. The maximum Gasteiger partial charge on any atom is 0.125 e. The zero-order valence-electron chi connectivity index (χ0n) is 13.5. The fourth-order valence-corrected chi connectivity index (χ4v) is 3.26. The highest BCUT2D eigenvalue weighted by Gasteiger charge is 2.33. The second-order valence-electron chi connectivity index (χ2n) is 5.84. The van der Waals surface area contributed by atoms with E-state index in [1.54, 1.807) is 7.11 Å². The van der Waals surface area contributed by atoms with E-state index in [9.17, 15) is 0 Å². The lowest BCUT2D eigenvalue weighted by Crippen LogP contribution is -2.51. The number of methoxy groups -OCH3 is 1. The van der Waals surface area contributed by atoms with Gasteiger partial charge < -0.3 is 14.8 Å². The normalized spacial score (nSPS) is 18.0. The molecule has 21 heavy (non-hydrogen) atoms. The van der Waals surface area contributed by atoms with Crippen molar-refractivity contribution in [3.8, 4) is 5.75 Å². The van der Waals surface area contributed by atoms with Crippen molar-refractivity contribution in [2.45, 2.75) is 51.7 Å². The fourth-order valence-electron chi connectivity index (χ4n) is 3.00. The lowest BCUT2D eigenvalue weighted by atomic mass is 9.87. The minimum Gasteiger partial charge on any atom is -0.493 e. The first kappa shape index (κ1) is 16.6. The molecule has 0 aliphatic carbocycles. The van der Waals surface area contributed by atoms with Crippen molar-refractivity contribution in [1.29, 1.82) is 0 Å². The van der Waals surface area contributed by atoms with Crippen molar-refractivity contribution >= 4 is 11.6 Å². The Balaban J connectivity index is 2.29. The number of benzene rings is 1. The van der Waals surface area contributed by atoms with Crippen LogP contribution in [0.1, 0.15) is 38.3 Å². The van der Waals surface area contributed by atoms with E-state index in [4.69, 9.17) is 21.1 Å². The summed E-state index contributed by atoms with van der Waals surface area (Å²) in [5.41, 5.74) is 2.20. The van der Waals surface area contributed by atoms with Crippen LogP contribution >= 0.6 is 11.6 Å². The summed E-state index contributed by atoms with van der Waals surface area (Å²) in [5, 5.41) is 4.35. The predicted octanol–water partition coefficient (Wildman–Crippen LogP) is 3.61. The molecule has 118 valence electrons. The van der Waals surface area contributed by atoms with Gasteiger partial charge >= 0.3 is 0 Å². The monoisotopic (exact) mass is 311 g/mol. The molecule has 1 aliphatic heterocycles. The van der Waals surface area contributed by atoms with Gasteiger partial charge in [-0.15, -0.1) is 0 Å². The van der Waals surface area contributed by atoms with Crippen LogP contribution < -0.4 is 10.1 Å². The van der Waals surface area contributed by atoms with Crippen LogP contribution in [0.3, 0.4) is 0 Å². The van der Waals surface area contributed by atoms with Gasteiger partial charge in [0.15, 0.2) is 0 Å². The van der Waals surface area contributed by atoms with Gasteiger partial charge in [0.25, 0.3) is 0 Å². The standard InChI is InChI=1S/C17H26ClNO2/c1-5-17(3,20-4)15(19-6-2)11-13-10-14(18)9-12-7-8-21-16(12)13/h9-10,15,19H,5-8,11H2,1-4H3. The summed E-state index contributed by atoms with van der Waals surface area (Å²) in [4.78, 5) is 0. The van der Waals surface area contributed by atoms with Gasteiger partial charge in [-0.1, -0.05) is 25.4 Å². The van der Waals surface area contributed by atoms with Crippen LogP contribution in [0.4, 0.5) is 0 Å². The third kappa shape index (κ3) is 3.53. The molecule has 1 aromatic rings. The van der Waals surface area contributed by atoms with Crippen molar-refractivity contribution in [2.24, 2.45) is 0 Å². The lowest BCUT2D eigenvalue weighted by Gasteiger charge is -2.36. The SMILES string of the molecule is CCNC(Cc1cc(Cl)cc2c1OCC2)C(C)(CC)OC. The Morgan fingerprint density at radius 1 is 1.43 bits per heavy atom. The van der Waals surface area contributed by atoms with Crippen molar-refractivity contribution in [3.63, 3.8) is 0 Å². The molecule has 0 saturated heterocycles. The summed E-state index contributed by atoms with van der Waals surface area (Å²) in [6.07, 6.45) is 2.75. The molecule has 0 radical (unpaired) electrons. The van der Waals surface area contributed by atoms with E-state index in [-0.39, 0.29) is 11.6 Å². The Bertz CT molecular complexity index is 486. The molecule has 0 amide bonds. The van der Waals surface area contributed by atoms with E-state index in [2.05, 4.69) is 26.1 Å². The summed E-state index contributed by atoms with van der Waals surface area (Å²) in [6, 6.07) is 4.27. The van der Waals surface area contributed by atoms with Gasteiger partial charge in [-0.3, -0.25) is 0 Å². The van der Waals surface area contributed by atoms with Gasteiger partial charge in [0.1, 0.15) is 5.75 Å². The smallest absolute Gasteiger partial charge is 0.125 e. The summed E-state index contributed by atoms with van der Waals surface area (Å²) in [5.74, 6) is 1.02. The van der Waals surface area contributed by atoms with Crippen molar-refractivity contribution in [2.75, 3.05) is 20.3 Å². The second-order valence-corrected chi connectivity index (χ2v) is 6.27. The maximum atomic E-state index is 6.26. The highest BCUT2D eigenvalue weighted by atomic mass is 35.5. The van der Waals surface area contributed by atoms with Gasteiger partial charge in [-0.2, -0.15) is 0 Å². The Kier molecular flexibility index (Phi) is 5.53. The molecular weight excluding hydrogens is 286 g/mol. The van der Waals surface area contributed by atoms with Crippen LogP contribution in [0.5, 0.6) is 5.75 Å². The van der Waals surface area contributed by atoms with E-state index in [1.165, 1.54) is 11.1 Å². The Morgan fingerprint density at radius 3 is 2.81 bits per heavy atom. The van der Waals surface area contributed by atoms with Gasteiger partial charge in [0, 0.05) is 24.6 Å². The van der Waals surface area contributed by atoms with Crippen molar-refractivity contribution < 1.29 is 9.47 Å². The number of rotatable bonds is 7. The molecule has 1 N–H and O–H groups in total. The average Bonchev–Trinajstić information content (AvgIpc) is 2.94. The van der Waals surface area contributed by atoms with E-state index < -0.39 is 0 Å². The number of hydrogen-bond acceptors (Lipinski definition) is 3. The quantitative estimate of drug-likeness (QED) is 0.834. The largest absolute Gasteiger partial charge is 0.493 e. The predicted molar refractivity (Wildman–Crippen MR) is 87.5 cm³/mol. The van der Waals surface area contributed by atoms with Crippen LogP contribution in [-0.4, -0.2) is 31.9 Å². The Hall–Kier alpha value is -0.770. The van der Waals surface area contributed by atoms with Crippen LogP contribution in [0.2, 0.25) is 5.02 Å². The minimum atomic E-state index is -0.205. The third-order valence-corrected chi connectivity index (χ3v) is 4.82. The van der Waals surface area contributed by atoms with E-state index in [0.29, 0.717) is 0 Å². The third-order valence-electron chi connectivity index (χ3n) is 4.61. The Labute approximate surface area is 133 Å². The minimum absolute atomic E-state index is 0.205.